The minimum atomic E-state index is -0.337. The van der Waals surface area contributed by atoms with Crippen LogP contribution in [0.5, 0.6) is 11.5 Å². The van der Waals surface area contributed by atoms with E-state index in [1.54, 1.807) is 18.3 Å². The second-order valence-corrected chi connectivity index (χ2v) is 8.29. The fraction of sp³-hybridized carbons (Fsp3) is 0.167. The average molecular weight is 502 g/mol. The summed E-state index contributed by atoms with van der Waals surface area (Å²) in [5.74, 6) is 1.11. The normalized spacial score (nSPS) is 10.8. The topological polar surface area (TPSA) is 59.9 Å². The molecule has 0 atom stereocenters. The number of carbonyl (C=O) groups is 1. The fourth-order valence-electron chi connectivity index (χ4n) is 2.91. The van der Waals surface area contributed by atoms with Crippen molar-refractivity contribution in [2.24, 2.45) is 5.10 Å². The molecule has 1 amide bonds. The lowest BCUT2D eigenvalue weighted by molar-refractivity contribution is -0.123. The number of rotatable bonds is 8. The smallest absolute Gasteiger partial charge is 0.277 e. The first-order valence-electron chi connectivity index (χ1n) is 9.59. The van der Waals surface area contributed by atoms with Crippen LogP contribution in [0.25, 0.3) is 0 Å². The molecule has 0 unspecified atom stereocenters. The lowest BCUT2D eigenvalue weighted by Crippen LogP contribution is -2.24. The summed E-state index contributed by atoms with van der Waals surface area (Å²) in [5.41, 5.74) is 6.35. The Morgan fingerprint density at radius 1 is 1.03 bits per heavy atom. The Hall–Kier alpha value is -2.83. The third kappa shape index (κ3) is 7.12. The molecule has 0 saturated heterocycles. The highest BCUT2D eigenvalue weighted by molar-refractivity contribution is 9.10. The van der Waals surface area contributed by atoms with Gasteiger partial charge in [-0.05, 0) is 84.6 Å². The van der Waals surface area contributed by atoms with E-state index in [4.69, 9.17) is 21.1 Å². The first kappa shape index (κ1) is 22.8. The number of ether oxygens (including phenoxy) is 2. The summed E-state index contributed by atoms with van der Waals surface area (Å²) < 4.78 is 12.4. The maximum atomic E-state index is 11.9. The van der Waals surface area contributed by atoms with Gasteiger partial charge >= 0.3 is 0 Å². The van der Waals surface area contributed by atoms with Gasteiger partial charge in [0, 0.05) is 9.50 Å². The summed E-state index contributed by atoms with van der Waals surface area (Å²) in [6.45, 7) is 4.30. The van der Waals surface area contributed by atoms with E-state index in [-0.39, 0.29) is 12.5 Å². The summed E-state index contributed by atoms with van der Waals surface area (Å²) >= 11 is 9.27. The second kappa shape index (κ2) is 11.0. The fourth-order valence-corrected chi connectivity index (χ4v) is 3.30. The molecule has 3 aromatic carbocycles. The van der Waals surface area contributed by atoms with E-state index in [0.29, 0.717) is 17.4 Å². The van der Waals surface area contributed by atoms with E-state index < -0.39 is 0 Å². The molecule has 0 aliphatic rings. The molecule has 0 radical (unpaired) electrons. The van der Waals surface area contributed by atoms with Crippen LogP contribution in [0.15, 0.2) is 70.2 Å². The number of nitrogens with zero attached hydrogens (tertiary/aromatic N) is 1. The zero-order valence-corrected chi connectivity index (χ0v) is 19.5. The first-order valence-corrected chi connectivity index (χ1v) is 10.8. The molecule has 0 saturated carbocycles. The van der Waals surface area contributed by atoms with Gasteiger partial charge in [-0.1, -0.05) is 39.7 Å². The minimum absolute atomic E-state index is 0.117. The summed E-state index contributed by atoms with van der Waals surface area (Å²) in [6.07, 6.45) is 1.60. The third-order valence-electron chi connectivity index (χ3n) is 4.37. The standard InChI is InChI=1S/C24H22BrClN2O3/c1-16-11-19(12-17(2)24(16)31-14-18-3-7-21(26)8-4-18)13-27-28-23(29)15-30-22-9-5-20(25)6-10-22/h3-13H,14-15H2,1-2H3,(H,28,29)/b27-13-. The molecule has 0 fully saturated rings. The van der Waals surface area contributed by atoms with Crippen molar-refractivity contribution in [3.05, 3.63) is 92.4 Å². The van der Waals surface area contributed by atoms with Crippen LogP contribution >= 0.6 is 27.5 Å². The molecular formula is C24H22BrClN2O3. The van der Waals surface area contributed by atoms with E-state index in [2.05, 4.69) is 26.5 Å². The van der Waals surface area contributed by atoms with Crippen LogP contribution in [0.1, 0.15) is 22.3 Å². The van der Waals surface area contributed by atoms with Gasteiger partial charge in [0.1, 0.15) is 18.1 Å². The van der Waals surface area contributed by atoms with Crippen LogP contribution in [0.3, 0.4) is 0 Å². The Bertz CT molecular complexity index is 1040. The highest BCUT2D eigenvalue weighted by Crippen LogP contribution is 2.25. The Kier molecular flexibility index (Phi) is 8.09. The number of aryl methyl sites for hydroxylation is 2. The van der Waals surface area contributed by atoms with Crippen molar-refractivity contribution in [1.82, 2.24) is 5.43 Å². The Morgan fingerprint density at radius 3 is 2.32 bits per heavy atom. The zero-order valence-electron chi connectivity index (χ0n) is 17.2. The molecule has 0 aliphatic heterocycles. The summed E-state index contributed by atoms with van der Waals surface area (Å²) in [6, 6.07) is 18.7. The van der Waals surface area contributed by atoms with Crippen molar-refractivity contribution in [2.45, 2.75) is 20.5 Å². The lowest BCUT2D eigenvalue weighted by atomic mass is 10.1. The van der Waals surface area contributed by atoms with Gasteiger partial charge in [0.15, 0.2) is 6.61 Å². The van der Waals surface area contributed by atoms with Crippen molar-refractivity contribution in [2.75, 3.05) is 6.61 Å². The van der Waals surface area contributed by atoms with Crippen molar-refractivity contribution < 1.29 is 14.3 Å². The number of hydrogen-bond acceptors (Lipinski definition) is 4. The van der Waals surface area contributed by atoms with Gasteiger partial charge in [0.25, 0.3) is 5.91 Å². The van der Waals surface area contributed by atoms with Crippen LogP contribution in [-0.4, -0.2) is 18.7 Å². The van der Waals surface area contributed by atoms with Crippen LogP contribution in [-0.2, 0) is 11.4 Å². The van der Waals surface area contributed by atoms with Crippen LogP contribution in [0.4, 0.5) is 0 Å². The van der Waals surface area contributed by atoms with Gasteiger partial charge in [-0.3, -0.25) is 4.79 Å². The molecule has 31 heavy (non-hydrogen) atoms. The van der Waals surface area contributed by atoms with E-state index in [9.17, 15) is 4.79 Å². The molecule has 1 N–H and O–H groups in total. The van der Waals surface area contributed by atoms with Crippen molar-refractivity contribution in [3.63, 3.8) is 0 Å². The zero-order chi connectivity index (χ0) is 22.2. The number of amides is 1. The van der Waals surface area contributed by atoms with Gasteiger partial charge < -0.3 is 9.47 Å². The van der Waals surface area contributed by atoms with Gasteiger partial charge in [0.05, 0.1) is 6.21 Å². The van der Waals surface area contributed by atoms with Gasteiger partial charge in [-0.2, -0.15) is 5.10 Å². The SMILES string of the molecule is Cc1cc(/C=N\NC(=O)COc2ccc(Br)cc2)cc(C)c1OCc1ccc(Cl)cc1. The quantitative estimate of drug-likeness (QED) is 0.312. The number of hydrazone groups is 1. The molecule has 0 bridgehead atoms. The molecule has 3 rings (SSSR count). The maximum Gasteiger partial charge on any atom is 0.277 e. The first-order chi connectivity index (χ1) is 14.9. The van der Waals surface area contributed by atoms with Crippen molar-refractivity contribution in [3.8, 4) is 11.5 Å². The Balaban J connectivity index is 1.52. The monoisotopic (exact) mass is 500 g/mol. The van der Waals surface area contributed by atoms with Crippen LogP contribution in [0.2, 0.25) is 5.02 Å². The number of carbonyl (C=O) groups excluding carboxylic acids is 1. The largest absolute Gasteiger partial charge is 0.488 e. The summed E-state index contributed by atoms with van der Waals surface area (Å²) in [5, 5.41) is 4.72. The van der Waals surface area contributed by atoms with Crippen molar-refractivity contribution in [1.29, 1.82) is 0 Å². The van der Waals surface area contributed by atoms with E-state index in [1.165, 1.54) is 0 Å². The molecule has 7 heteroatoms. The van der Waals surface area contributed by atoms with Gasteiger partial charge in [-0.25, -0.2) is 5.43 Å². The second-order valence-electron chi connectivity index (χ2n) is 6.93. The van der Waals surface area contributed by atoms with E-state index in [0.717, 1.165) is 32.5 Å². The molecule has 0 aromatic heterocycles. The number of nitrogens with one attached hydrogen (secondary N) is 1. The van der Waals surface area contributed by atoms with Crippen LogP contribution in [0, 0.1) is 13.8 Å². The molecule has 3 aromatic rings. The van der Waals surface area contributed by atoms with Gasteiger partial charge in [0.2, 0.25) is 0 Å². The predicted molar refractivity (Wildman–Crippen MR) is 127 cm³/mol. The summed E-state index contributed by atoms with van der Waals surface area (Å²) in [7, 11) is 0. The number of hydrogen-bond donors (Lipinski definition) is 1. The highest BCUT2D eigenvalue weighted by Gasteiger charge is 2.07. The summed E-state index contributed by atoms with van der Waals surface area (Å²) in [4.78, 5) is 11.9. The average Bonchev–Trinajstić information content (AvgIpc) is 2.74. The third-order valence-corrected chi connectivity index (χ3v) is 5.15. The molecule has 0 heterocycles. The van der Waals surface area contributed by atoms with Gasteiger partial charge in [-0.15, -0.1) is 0 Å². The minimum Gasteiger partial charge on any atom is -0.488 e. The molecule has 0 aliphatic carbocycles. The number of halogens is 2. The van der Waals surface area contributed by atoms with E-state index in [1.807, 2.05) is 62.4 Å². The molecule has 0 spiro atoms. The highest BCUT2D eigenvalue weighted by atomic mass is 79.9. The molecule has 160 valence electrons. The van der Waals surface area contributed by atoms with Crippen molar-refractivity contribution >= 4 is 39.7 Å². The van der Waals surface area contributed by atoms with E-state index >= 15 is 0 Å². The Labute approximate surface area is 195 Å². The number of benzene rings is 3. The van der Waals surface area contributed by atoms with Crippen LogP contribution < -0.4 is 14.9 Å². The molecule has 5 nitrogen and oxygen atoms in total. The Morgan fingerprint density at radius 2 is 1.68 bits per heavy atom. The predicted octanol–water partition coefficient (Wildman–Crippen LogP) is 5.83. The lowest BCUT2D eigenvalue weighted by Gasteiger charge is -2.13. The maximum absolute atomic E-state index is 11.9. The molecular weight excluding hydrogens is 480 g/mol.